The third kappa shape index (κ3) is 4.83. The number of esters is 1. The van der Waals surface area contributed by atoms with Crippen molar-refractivity contribution in [2.24, 2.45) is 0 Å². The number of hydrogen-bond donors (Lipinski definition) is 1. The summed E-state index contributed by atoms with van der Waals surface area (Å²) in [6.45, 7) is 0.284. The minimum Gasteiger partial charge on any atom is -0.451 e. The summed E-state index contributed by atoms with van der Waals surface area (Å²) in [6.07, 6.45) is 5.57. The molecule has 0 spiro atoms. The van der Waals surface area contributed by atoms with Gasteiger partial charge in [-0.25, -0.2) is 4.79 Å². The molecule has 0 bridgehead atoms. The Morgan fingerprint density at radius 2 is 2.08 bits per heavy atom. The van der Waals surface area contributed by atoms with Crippen molar-refractivity contribution in [2.75, 3.05) is 25.4 Å². The van der Waals surface area contributed by atoms with Gasteiger partial charge in [0.05, 0.1) is 5.75 Å². The van der Waals surface area contributed by atoms with Crippen LogP contribution in [0, 0.1) is 0 Å². The average molecular weight is 413 g/mol. The molecule has 0 saturated carbocycles. The molecular formula is C17H20N2O4S3. The number of rotatable bonds is 6. The summed E-state index contributed by atoms with van der Waals surface area (Å²) in [7, 11) is 0. The molecule has 0 radical (unpaired) electrons. The molecule has 1 aromatic heterocycles. The fraction of sp³-hybridized carbons (Fsp3) is 0.529. The number of ether oxygens (including phenoxy) is 1. The van der Waals surface area contributed by atoms with Crippen molar-refractivity contribution in [2.45, 2.75) is 32.1 Å². The third-order valence-electron chi connectivity index (χ3n) is 4.28. The zero-order chi connectivity index (χ0) is 18.5. The molecule has 1 N–H and O–H groups in total. The number of carbonyl (C=O) groups is 3. The summed E-state index contributed by atoms with van der Waals surface area (Å²) in [5.74, 6) is -0.528. The molecule has 140 valence electrons. The first kappa shape index (κ1) is 19.3. The van der Waals surface area contributed by atoms with E-state index >= 15 is 0 Å². The topological polar surface area (TPSA) is 75.7 Å². The highest BCUT2D eigenvalue weighted by Gasteiger charge is 2.26. The van der Waals surface area contributed by atoms with Crippen molar-refractivity contribution >= 4 is 57.4 Å². The summed E-state index contributed by atoms with van der Waals surface area (Å²) >= 11 is 7.87. The highest BCUT2D eigenvalue weighted by atomic mass is 32.2. The van der Waals surface area contributed by atoms with E-state index in [1.165, 1.54) is 44.9 Å². The summed E-state index contributed by atoms with van der Waals surface area (Å²) in [6, 6.07) is 1.91. The predicted octanol–water partition coefficient (Wildman–Crippen LogP) is 2.15. The van der Waals surface area contributed by atoms with Crippen LogP contribution in [-0.2, 0) is 27.2 Å². The number of nitrogens with one attached hydrogen (secondary N) is 1. The van der Waals surface area contributed by atoms with Crippen LogP contribution in [0.25, 0.3) is 0 Å². The summed E-state index contributed by atoms with van der Waals surface area (Å²) < 4.78 is 5.65. The van der Waals surface area contributed by atoms with Crippen LogP contribution in [0.3, 0.4) is 0 Å². The Hall–Kier alpha value is -1.45. The van der Waals surface area contributed by atoms with E-state index in [0.29, 0.717) is 21.5 Å². The minimum absolute atomic E-state index is 0.0434. The van der Waals surface area contributed by atoms with Gasteiger partial charge >= 0.3 is 5.97 Å². The van der Waals surface area contributed by atoms with Crippen LogP contribution >= 0.6 is 35.3 Å². The Morgan fingerprint density at radius 1 is 1.27 bits per heavy atom. The van der Waals surface area contributed by atoms with Crippen LogP contribution in [0.15, 0.2) is 6.07 Å². The van der Waals surface area contributed by atoms with E-state index in [1.54, 1.807) is 0 Å². The first-order chi connectivity index (χ1) is 12.5. The molecule has 1 aliphatic heterocycles. The van der Waals surface area contributed by atoms with E-state index in [2.05, 4.69) is 5.32 Å². The highest BCUT2D eigenvalue weighted by Crippen LogP contribution is 2.29. The van der Waals surface area contributed by atoms with Crippen molar-refractivity contribution in [1.29, 1.82) is 0 Å². The van der Waals surface area contributed by atoms with Gasteiger partial charge in [0.15, 0.2) is 6.61 Å². The average Bonchev–Trinajstić information content (AvgIpc) is 3.09. The zero-order valence-corrected chi connectivity index (χ0v) is 16.7. The van der Waals surface area contributed by atoms with Gasteiger partial charge in [-0.2, -0.15) is 0 Å². The van der Waals surface area contributed by atoms with Gasteiger partial charge in [-0.05, 0) is 37.3 Å². The molecule has 0 atom stereocenters. The second-order valence-corrected chi connectivity index (χ2v) is 8.89. The quantitative estimate of drug-likeness (QED) is 0.438. The van der Waals surface area contributed by atoms with E-state index in [4.69, 9.17) is 17.0 Å². The lowest BCUT2D eigenvalue weighted by atomic mass is 10.1. The summed E-state index contributed by atoms with van der Waals surface area (Å²) in [5, 5.41) is 2.64. The standard InChI is InChI=1S/C17H20N2O4S3/c20-14(18-6-7-19-15(21)10-25-17(19)24)9-23-16(22)13-8-11-4-2-1-3-5-12(11)26-13/h8H,1-7,9-10H2,(H,18,20). The number of aryl methyl sites for hydroxylation is 2. The van der Waals surface area contributed by atoms with Gasteiger partial charge in [-0.15, -0.1) is 11.3 Å². The van der Waals surface area contributed by atoms with Crippen LogP contribution in [0.4, 0.5) is 0 Å². The van der Waals surface area contributed by atoms with Crippen LogP contribution in [0.2, 0.25) is 0 Å². The number of thiocarbonyl (C=S) groups is 1. The molecule has 6 nitrogen and oxygen atoms in total. The normalized spacial score (nSPS) is 17.0. The lowest BCUT2D eigenvalue weighted by Crippen LogP contribution is -2.38. The predicted molar refractivity (Wildman–Crippen MR) is 106 cm³/mol. The highest BCUT2D eigenvalue weighted by molar-refractivity contribution is 8.23. The number of carbonyl (C=O) groups excluding carboxylic acids is 3. The summed E-state index contributed by atoms with van der Waals surface area (Å²) in [4.78, 5) is 38.9. The van der Waals surface area contributed by atoms with Crippen LogP contribution in [-0.4, -0.2) is 52.5 Å². The Balaban J connectivity index is 1.41. The van der Waals surface area contributed by atoms with Gasteiger partial charge in [-0.1, -0.05) is 30.4 Å². The van der Waals surface area contributed by atoms with Gasteiger partial charge in [0.1, 0.15) is 9.20 Å². The molecule has 2 aliphatic rings. The largest absolute Gasteiger partial charge is 0.451 e. The van der Waals surface area contributed by atoms with E-state index in [-0.39, 0.29) is 25.0 Å². The Labute approximate surface area is 165 Å². The minimum atomic E-state index is -0.453. The van der Waals surface area contributed by atoms with E-state index in [9.17, 15) is 14.4 Å². The SMILES string of the molecule is O=C(COC(=O)c1cc2c(s1)CCCCC2)NCCN1C(=O)CSC1=S. The third-order valence-corrected chi connectivity index (χ3v) is 6.93. The lowest BCUT2D eigenvalue weighted by molar-refractivity contribution is -0.126. The Bertz CT molecular complexity index is 692. The molecule has 0 unspecified atom stereocenters. The van der Waals surface area contributed by atoms with Crippen LogP contribution in [0.1, 0.15) is 39.4 Å². The molecule has 1 saturated heterocycles. The molecule has 1 aliphatic carbocycles. The second-order valence-electron chi connectivity index (χ2n) is 6.15. The number of thiophene rings is 1. The molecule has 9 heteroatoms. The number of thioether (sulfide) groups is 1. The van der Waals surface area contributed by atoms with Gasteiger partial charge < -0.3 is 10.1 Å². The maximum atomic E-state index is 12.2. The zero-order valence-electron chi connectivity index (χ0n) is 14.2. The first-order valence-corrected chi connectivity index (χ1v) is 10.8. The van der Waals surface area contributed by atoms with Gasteiger partial charge in [0, 0.05) is 18.0 Å². The van der Waals surface area contributed by atoms with Crippen molar-refractivity contribution in [1.82, 2.24) is 10.2 Å². The number of nitrogens with zero attached hydrogens (tertiary/aromatic N) is 1. The van der Waals surface area contributed by atoms with E-state index in [1.807, 2.05) is 6.07 Å². The van der Waals surface area contributed by atoms with Crippen molar-refractivity contribution < 1.29 is 19.1 Å². The molecule has 2 amide bonds. The van der Waals surface area contributed by atoms with E-state index < -0.39 is 5.97 Å². The van der Waals surface area contributed by atoms with Gasteiger partial charge in [-0.3, -0.25) is 14.5 Å². The van der Waals surface area contributed by atoms with Crippen molar-refractivity contribution in [3.05, 3.63) is 21.4 Å². The lowest BCUT2D eigenvalue weighted by Gasteiger charge is -2.15. The van der Waals surface area contributed by atoms with Gasteiger partial charge in [0.25, 0.3) is 5.91 Å². The maximum absolute atomic E-state index is 12.2. The Kier molecular flexibility index (Phi) is 6.66. The smallest absolute Gasteiger partial charge is 0.348 e. The molecule has 26 heavy (non-hydrogen) atoms. The Morgan fingerprint density at radius 3 is 2.85 bits per heavy atom. The van der Waals surface area contributed by atoms with E-state index in [0.717, 1.165) is 25.7 Å². The number of fused-ring (bicyclic) bond motifs is 1. The first-order valence-electron chi connectivity index (χ1n) is 8.57. The number of hydrogen-bond acceptors (Lipinski definition) is 7. The van der Waals surface area contributed by atoms with Gasteiger partial charge in [0.2, 0.25) is 5.91 Å². The molecule has 2 heterocycles. The summed E-state index contributed by atoms with van der Waals surface area (Å²) in [5.41, 5.74) is 1.24. The molecule has 3 rings (SSSR count). The van der Waals surface area contributed by atoms with Crippen LogP contribution < -0.4 is 5.32 Å². The fourth-order valence-electron chi connectivity index (χ4n) is 2.93. The monoisotopic (exact) mass is 412 g/mol. The molecule has 0 aromatic carbocycles. The second kappa shape index (κ2) is 8.96. The maximum Gasteiger partial charge on any atom is 0.348 e. The van der Waals surface area contributed by atoms with Crippen molar-refractivity contribution in [3.63, 3.8) is 0 Å². The molecule has 1 aromatic rings. The fourth-order valence-corrected chi connectivity index (χ4v) is 5.19. The van der Waals surface area contributed by atoms with Crippen molar-refractivity contribution in [3.8, 4) is 0 Å². The van der Waals surface area contributed by atoms with Crippen LogP contribution in [0.5, 0.6) is 0 Å². The number of amides is 2. The molecule has 1 fully saturated rings. The molecular weight excluding hydrogens is 392 g/mol.